The lowest BCUT2D eigenvalue weighted by atomic mass is 10.2. The average molecular weight is 225 g/mol. The molecule has 2 heterocycles. The number of furan rings is 1. The Morgan fingerprint density at radius 3 is 2.76 bits per heavy atom. The average Bonchev–Trinajstić information content (AvgIpc) is 2.72. The number of fused-ring (bicyclic) bond motifs is 1. The van der Waals surface area contributed by atoms with Crippen LogP contribution in [0.15, 0.2) is 47.0 Å². The minimum atomic E-state index is 0.153. The molecule has 0 aliphatic rings. The molecule has 0 fully saturated rings. The van der Waals surface area contributed by atoms with Crippen molar-refractivity contribution >= 4 is 11.0 Å². The Labute approximate surface area is 98.3 Å². The molecule has 0 radical (unpaired) electrons. The van der Waals surface area contributed by atoms with Crippen molar-refractivity contribution in [2.24, 2.45) is 0 Å². The van der Waals surface area contributed by atoms with E-state index in [4.69, 9.17) is 4.42 Å². The maximum absolute atomic E-state index is 9.19. The van der Waals surface area contributed by atoms with E-state index in [2.05, 4.69) is 11.1 Å². The summed E-state index contributed by atoms with van der Waals surface area (Å²) in [6, 6.07) is 11.3. The van der Waals surface area contributed by atoms with Gasteiger partial charge in [-0.3, -0.25) is 0 Å². The van der Waals surface area contributed by atoms with Crippen LogP contribution in [0, 0.1) is 6.92 Å². The van der Waals surface area contributed by atoms with Crippen LogP contribution in [0.2, 0.25) is 0 Å². The Bertz CT molecular complexity index is 668. The maximum atomic E-state index is 9.19. The highest BCUT2D eigenvalue weighted by Gasteiger charge is 2.07. The van der Waals surface area contributed by atoms with Gasteiger partial charge in [0.05, 0.1) is 6.20 Å². The zero-order valence-corrected chi connectivity index (χ0v) is 9.34. The summed E-state index contributed by atoms with van der Waals surface area (Å²) in [7, 11) is 0. The van der Waals surface area contributed by atoms with Crippen molar-refractivity contribution < 1.29 is 9.52 Å². The Morgan fingerprint density at radius 2 is 2.00 bits per heavy atom. The summed E-state index contributed by atoms with van der Waals surface area (Å²) < 4.78 is 5.70. The molecule has 1 N–H and O–H groups in total. The zero-order chi connectivity index (χ0) is 11.8. The molecule has 0 aliphatic carbocycles. The Balaban J connectivity index is 2.14. The number of rotatable bonds is 1. The second-order valence-electron chi connectivity index (χ2n) is 4.05. The minimum absolute atomic E-state index is 0.153. The molecular formula is C14H11NO2. The van der Waals surface area contributed by atoms with Crippen molar-refractivity contribution in [2.75, 3.05) is 0 Å². The molecule has 3 heteroatoms. The molecule has 1 aromatic carbocycles. The van der Waals surface area contributed by atoms with Gasteiger partial charge in [-0.25, -0.2) is 4.98 Å². The third kappa shape index (κ3) is 1.76. The molecule has 84 valence electrons. The molecule has 0 spiro atoms. The van der Waals surface area contributed by atoms with Gasteiger partial charge in [0.1, 0.15) is 17.0 Å². The first-order valence-corrected chi connectivity index (χ1v) is 5.38. The molecule has 0 atom stereocenters. The van der Waals surface area contributed by atoms with Crippen LogP contribution in [-0.4, -0.2) is 10.1 Å². The highest BCUT2D eigenvalue weighted by atomic mass is 16.3. The number of pyridine rings is 1. The summed E-state index contributed by atoms with van der Waals surface area (Å²) in [4.78, 5) is 4.12. The van der Waals surface area contributed by atoms with Crippen LogP contribution in [0.5, 0.6) is 5.75 Å². The summed E-state index contributed by atoms with van der Waals surface area (Å²) in [5.41, 5.74) is 2.76. The van der Waals surface area contributed by atoms with Crippen LogP contribution in [0.1, 0.15) is 5.56 Å². The fourth-order valence-electron chi connectivity index (χ4n) is 1.82. The second-order valence-corrected chi connectivity index (χ2v) is 4.05. The monoisotopic (exact) mass is 225 g/mol. The van der Waals surface area contributed by atoms with Crippen molar-refractivity contribution in [2.45, 2.75) is 6.92 Å². The number of hydrogen-bond acceptors (Lipinski definition) is 3. The van der Waals surface area contributed by atoms with Gasteiger partial charge in [0, 0.05) is 5.39 Å². The van der Waals surface area contributed by atoms with Gasteiger partial charge in [0.15, 0.2) is 5.76 Å². The van der Waals surface area contributed by atoms with E-state index in [9.17, 15) is 5.11 Å². The summed E-state index contributed by atoms with van der Waals surface area (Å²) in [5.74, 6) is 0.867. The topological polar surface area (TPSA) is 46.3 Å². The van der Waals surface area contributed by atoms with E-state index in [-0.39, 0.29) is 5.75 Å². The number of aromatic hydroxyl groups is 1. The lowest BCUT2D eigenvalue weighted by Gasteiger charge is -1.94. The van der Waals surface area contributed by atoms with Gasteiger partial charge in [-0.2, -0.15) is 0 Å². The minimum Gasteiger partial charge on any atom is -0.506 e. The molecule has 0 saturated carbocycles. The molecular weight excluding hydrogens is 214 g/mol. The molecule has 0 bridgehead atoms. The van der Waals surface area contributed by atoms with Gasteiger partial charge in [-0.05, 0) is 37.3 Å². The molecule has 0 aliphatic heterocycles. The van der Waals surface area contributed by atoms with Crippen molar-refractivity contribution in [3.8, 4) is 17.2 Å². The summed E-state index contributed by atoms with van der Waals surface area (Å²) in [6.07, 6.45) is 1.41. The van der Waals surface area contributed by atoms with Gasteiger partial charge in [-0.15, -0.1) is 0 Å². The molecule has 0 amide bonds. The smallest absolute Gasteiger partial charge is 0.153 e. The highest BCUT2D eigenvalue weighted by Crippen LogP contribution is 2.27. The largest absolute Gasteiger partial charge is 0.506 e. The predicted molar refractivity (Wildman–Crippen MR) is 65.8 cm³/mol. The predicted octanol–water partition coefficient (Wildman–Crippen LogP) is 3.51. The molecule has 0 unspecified atom stereocenters. The van der Waals surface area contributed by atoms with E-state index >= 15 is 0 Å². The summed E-state index contributed by atoms with van der Waals surface area (Å²) in [6.45, 7) is 2.05. The van der Waals surface area contributed by atoms with E-state index in [1.54, 1.807) is 12.1 Å². The first-order valence-electron chi connectivity index (χ1n) is 5.38. The molecule has 0 saturated heterocycles. The molecule has 2 aromatic heterocycles. The summed E-state index contributed by atoms with van der Waals surface area (Å²) in [5, 5.41) is 10.3. The second kappa shape index (κ2) is 3.63. The number of benzene rings is 1. The van der Waals surface area contributed by atoms with E-state index in [1.165, 1.54) is 11.8 Å². The van der Waals surface area contributed by atoms with Gasteiger partial charge in [-0.1, -0.05) is 11.6 Å². The highest BCUT2D eigenvalue weighted by molar-refractivity contribution is 5.82. The quantitative estimate of drug-likeness (QED) is 0.689. The first-order chi connectivity index (χ1) is 8.22. The molecule has 3 rings (SSSR count). The van der Waals surface area contributed by atoms with Crippen molar-refractivity contribution in [1.82, 2.24) is 4.98 Å². The maximum Gasteiger partial charge on any atom is 0.153 e. The molecule has 3 aromatic rings. The third-order valence-corrected chi connectivity index (χ3v) is 2.67. The SMILES string of the molecule is Cc1ccc2oc(-c3ccc(O)cn3)cc2c1. The van der Waals surface area contributed by atoms with Crippen LogP contribution in [0.4, 0.5) is 0 Å². The number of hydrogen-bond donors (Lipinski definition) is 1. The molecule has 3 nitrogen and oxygen atoms in total. The number of aryl methyl sites for hydroxylation is 1. The van der Waals surface area contributed by atoms with Crippen molar-refractivity contribution in [1.29, 1.82) is 0 Å². The van der Waals surface area contributed by atoms with E-state index in [1.807, 2.05) is 25.1 Å². The van der Waals surface area contributed by atoms with Crippen LogP contribution < -0.4 is 0 Å². The van der Waals surface area contributed by atoms with Crippen molar-refractivity contribution in [3.05, 3.63) is 48.2 Å². The fourth-order valence-corrected chi connectivity index (χ4v) is 1.82. The zero-order valence-electron chi connectivity index (χ0n) is 9.34. The Kier molecular flexibility index (Phi) is 2.11. The van der Waals surface area contributed by atoms with Crippen LogP contribution in [0.25, 0.3) is 22.4 Å². The summed E-state index contributed by atoms with van der Waals surface area (Å²) >= 11 is 0. The number of aromatic nitrogens is 1. The van der Waals surface area contributed by atoms with Gasteiger partial charge in [0.2, 0.25) is 0 Å². The van der Waals surface area contributed by atoms with E-state index < -0.39 is 0 Å². The molecule has 17 heavy (non-hydrogen) atoms. The Morgan fingerprint density at radius 1 is 1.12 bits per heavy atom. The lowest BCUT2D eigenvalue weighted by Crippen LogP contribution is -1.78. The fraction of sp³-hybridized carbons (Fsp3) is 0.0714. The van der Waals surface area contributed by atoms with Crippen LogP contribution >= 0.6 is 0 Å². The first kappa shape index (κ1) is 9.90. The Hall–Kier alpha value is -2.29. The van der Waals surface area contributed by atoms with E-state index in [0.29, 0.717) is 5.76 Å². The van der Waals surface area contributed by atoms with Crippen LogP contribution in [-0.2, 0) is 0 Å². The lowest BCUT2D eigenvalue weighted by molar-refractivity contribution is 0.472. The van der Waals surface area contributed by atoms with Gasteiger partial charge < -0.3 is 9.52 Å². The third-order valence-electron chi connectivity index (χ3n) is 2.67. The normalized spacial score (nSPS) is 10.9. The van der Waals surface area contributed by atoms with Crippen molar-refractivity contribution in [3.63, 3.8) is 0 Å². The standard InChI is InChI=1S/C14H11NO2/c1-9-2-5-13-10(6-9)7-14(17-13)12-4-3-11(16)8-15-12/h2-8,16H,1H3. The number of nitrogens with zero attached hydrogens (tertiary/aromatic N) is 1. The van der Waals surface area contributed by atoms with E-state index in [0.717, 1.165) is 16.7 Å². The van der Waals surface area contributed by atoms with Gasteiger partial charge >= 0.3 is 0 Å². The van der Waals surface area contributed by atoms with Gasteiger partial charge in [0.25, 0.3) is 0 Å². The van der Waals surface area contributed by atoms with Crippen LogP contribution in [0.3, 0.4) is 0 Å².